The fourth-order valence-electron chi connectivity index (χ4n) is 9.55. The van der Waals surface area contributed by atoms with E-state index in [-0.39, 0.29) is 46.8 Å². The number of carbonyl (C=O) groups excluding carboxylic acids is 3. The number of ketones is 1. The maximum Gasteiger partial charge on any atom is 0.302 e. The zero-order valence-corrected chi connectivity index (χ0v) is 23.6. The van der Waals surface area contributed by atoms with E-state index >= 15 is 0 Å². The Kier molecular flexibility index (Phi) is 7.02. The molecule has 206 valence electrons. The average molecular weight is 515 g/mol. The number of Topliss-reactive ketones (excluding diaryl/α,β-unsaturated/α-hetero) is 1. The lowest BCUT2D eigenvalue weighted by Gasteiger charge is -2.60. The molecule has 0 N–H and O–H groups in total. The minimum absolute atomic E-state index is 0.0406. The third-order valence-corrected chi connectivity index (χ3v) is 11.5. The van der Waals surface area contributed by atoms with Gasteiger partial charge in [0.15, 0.2) is 0 Å². The summed E-state index contributed by atoms with van der Waals surface area (Å²) >= 11 is 0. The Balaban J connectivity index is 1.30. The van der Waals surface area contributed by atoms with E-state index in [4.69, 9.17) is 14.2 Å². The van der Waals surface area contributed by atoms with Crippen molar-refractivity contribution in [2.24, 2.45) is 46.3 Å². The van der Waals surface area contributed by atoms with Crippen LogP contribution in [-0.4, -0.2) is 36.5 Å². The molecule has 0 saturated heterocycles. The topological polar surface area (TPSA) is 78.9 Å². The maximum atomic E-state index is 14.1. The highest BCUT2D eigenvalue weighted by molar-refractivity contribution is 5.87. The van der Waals surface area contributed by atoms with E-state index in [2.05, 4.69) is 27.7 Å². The summed E-state index contributed by atoms with van der Waals surface area (Å²) in [6.07, 6.45) is 8.83. The molecule has 1 heterocycles. The Morgan fingerprint density at radius 3 is 2.54 bits per heavy atom. The molecule has 4 aliphatic carbocycles. The molecule has 1 aliphatic heterocycles. The summed E-state index contributed by atoms with van der Waals surface area (Å²) in [6, 6.07) is 0. The zero-order chi connectivity index (χ0) is 26.7. The molecule has 0 unspecified atom stereocenters. The van der Waals surface area contributed by atoms with Crippen LogP contribution < -0.4 is 0 Å². The third-order valence-electron chi connectivity index (χ3n) is 11.5. The van der Waals surface area contributed by atoms with Crippen molar-refractivity contribution in [1.29, 1.82) is 0 Å². The summed E-state index contributed by atoms with van der Waals surface area (Å²) < 4.78 is 17.4. The molecule has 10 atom stereocenters. The molecule has 0 aromatic carbocycles. The predicted molar refractivity (Wildman–Crippen MR) is 139 cm³/mol. The van der Waals surface area contributed by atoms with Crippen molar-refractivity contribution < 1.29 is 28.6 Å². The molecule has 0 aromatic rings. The molecule has 4 saturated carbocycles. The first-order valence-corrected chi connectivity index (χ1v) is 14.6. The SMILES string of the molecule is CC(=O)OC[C@H](C)CCC1=C(C)[C@H]2[C@@H](C[C@H]3[C@@H]4CC[C@H]5C[C@@H](OC(C)=O)CC[C@]5(C)[C@H]4CC(=O)[C@@]32C)O1. The minimum atomic E-state index is -0.334. The van der Waals surface area contributed by atoms with Gasteiger partial charge in [0, 0.05) is 38.0 Å². The summed E-state index contributed by atoms with van der Waals surface area (Å²) in [5, 5.41) is 0. The van der Waals surface area contributed by atoms with Crippen LogP contribution in [0.15, 0.2) is 11.3 Å². The number of hydrogen-bond acceptors (Lipinski definition) is 6. The molecule has 37 heavy (non-hydrogen) atoms. The number of hydrogen-bond donors (Lipinski definition) is 0. The standard InChI is InChI=1S/C31H46O6/c1-17(16-35-19(3)32)7-10-26-18(2)29-27(37-26)14-25-23-9-8-21-13-22(36-20(4)33)11-12-30(21,5)24(23)15-28(34)31(25,29)6/h17,21-25,27,29H,7-16H2,1-6H3/t17-,21+,22+,23-,24+,25+,27-,29+,30+,31-/m1/s1. The summed E-state index contributed by atoms with van der Waals surface area (Å²) in [6.45, 7) is 12.4. The summed E-state index contributed by atoms with van der Waals surface area (Å²) in [7, 11) is 0. The quantitative estimate of drug-likeness (QED) is 0.404. The Bertz CT molecular complexity index is 984. The van der Waals surface area contributed by atoms with Crippen molar-refractivity contribution in [2.75, 3.05) is 6.61 Å². The van der Waals surface area contributed by atoms with E-state index in [1.54, 1.807) is 0 Å². The first kappa shape index (κ1) is 26.7. The van der Waals surface area contributed by atoms with Crippen molar-refractivity contribution in [3.05, 3.63) is 11.3 Å². The van der Waals surface area contributed by atoms with Gasteiger partial charge in [0.1, 0.15) is 18.0 Å². The summed E-state index contributed by atoms with van der Waals surface area (Å²) in [5.41, 5.74) is 1.10. The van der Waals surface area contributed by atoms with Crippen molar-refractivity contribution >= 4 is 17.7 Å². The van der Waals surface area contributed by atoms with Gasteiger partial charge >= 0.3 is 11.9 Å². The number of rotatable bonds is 6. The van der Waals surface area contributed by atoms with Crippen LogP contribution >= 0.6 is 0 Å². The Morgan fingerprint density at radius 1 is 1.08 bits per heavy atom. The summed E-state index contributed by atoms with van der Waals surface area (Å²) in [5.74, 6) is 3.49. The van der Waals surface area contributed by atoms with E-state index in [9.17, 15) is 14.4 Å². The molecular formula is C31H46O6. The molecule has 0 spiro atoms. The lowest BCUT2D eigenvalue weighted by atomic mass is 9.44. The second-order valence-electron chi connectivity index (χ2n) is 13.5. The lowest BCUT2D eigenvalue weighted by Crippen LogP contribution is -2.57. The fraction of sp³-hybridized carbons (Fsp3) is 0.839. The van der Waals surface area contributed by atoms with Crippen molar-refractivity contribution in [3.63, 3.8) is 0 Å². The van der Waals surface area contributed by atoms with Crippen LogP contribution in [0.3, 0.4) is 0 Å². The second kappa shape index (κ2) is 9.72. The van der Waals surface area contributed by atoms with Gasteiger partial charge in [-0.15, -0.1) is 0 Å². The van der Waals surface area contributed by atoms with Gasteiger partial charge in [0.05, 0.1) is 12.4 Å². The molecule has 5 rings (SSSR count). The molecule has 6 nitrogen and oxygen atoms in total. The Hall–Kier alpha value is -1.85. The van der Waals surface area contributed by atoms with Crippen LogP contribution in [-0.2, 0) is 28.6 Å². The first-order valence-electron chi connectivity index (χ1n) is 14.6. The number of allylic oxidation sites excluding steroid dienone is 1. The molecule has 5 aliphatic rings. The van der Waals surface area contributed by atoms with Gasteiger partial charge in [-0.25, -0.2) is 0 Å². The second-order valence-corrected chi connectivity index (χ2v) is 13.5. The van der Waals surface area contributed by atoms with Crippen molar-refractivity contribution in [2.45, 2.75) is 112 Å². The minimum Gasteiger partial charge on any atom is -0.494 e. The van der Waals surface area contributed by atoms with Gasteiger partial charge in [0.25, 0.3) is 0 Å². The smallest absolute Gasteiger partial charge is 0.302 e. The Labute approximate surface area is 222 Å². The van der Waals surface area contributed by atoms with E-state index in [0.717, 1.165) is 44.3 Å². The van der Waals surface area contributed by atoms with Crippen LogP contribution in [0.2, 0.25) is 0 Å². The molecule has 0 aromatic heterocycles. The molecule has 0 radical (unpaired) electrons. The van der Waals surface area contributed by atoms with Crippen LogP contribution in [0.4, 0.5) is 0 Å². The Morgan fingerprint density at radius 2 is 1.84 bits per heavy atom. The van der Waals surface area contributed by atoms with E-state index in [0.29, 0.717) is 42.5 Å². The van der Waals surface area contributed by atoms with E-state index < -0.39 is 0 Å². The van der Waals surface area contributed by atoms with Crippen LogP contribution in [0.1, 0.15) is 99.3 Å². The summed E-state index contributed by atoms with van der Waals surface area (Å²) in [4.78, 5) is 36.8. The van der Waals surface area contributed by atoms with E-state index in [1.807, 2.05) is 0 Å². The highest BCUT2D eigenvalue weighted by Crippen LogP contribution is 2.68. The number of esters is 2. The highest BCUT2D eigenvalue weighted by atomic mass is 16.5. The van der Waals surface area contributed by atoms with Gasteiger partial charge in [-0.1, -0.05) is 20.8 Å². The fourth-order valence-corrected chi connectivity index (χ4v) is 9.55. The largest absolute Gasteiger partial charge is 0.494 e. The van der Waals surface area contributed by atoms with E-state index in [1.165, 1.54) is 32.3 Å². The van der Waals surface area contributed by atoms with Crippen LogP contribution in [0.25, 0.3) is 0 Å². The molecule has 6 heteroatoms. The van der Waals surface area contributed by atoms with Crippen molar-refractivity contribution in [1.82, 2.24) is 0 Å². The monoisotopic (exact) mass is 514 g/mol. The number of fused-ring (bicyclic) bond motifs is 7. The molecule has 4 fully saturated rings. The third kappa shape index (κ3) is 4.44. The number of ether oxygens (including phenoxy) is 3. The average Bonchev–Trinajstić information content (AvgIpc) is 3.31. The molecule has 0 bridgehead atoms. The van der Waals surface area contributed by atoms with Crippen molar-refractivity contribution in [3.8, 4) is 0 Å². The number of carbonyl (C=O) groups is 3. The molecule has 0 amide bonds. The predicted octanol–water partition coefficient (Wildman–Crippen LogP) is 6.02. The van der Waals surface area contributed by atoms with Crippen LogP contribution in [0, 0.1) is 46.3 Å². The van der Waals surface area contributed by atoms with Gasteiger partial charge < -0.3 is 14.2 Å². The van der Waals surface area contributed by atoms with Gasteiger partial charge in [-0.2, -0.15) is 0 Å². The van der Waals surface area contributed by atoms with Crippen LogP contribution in [0.5, 0.6) is 0 Å². The zero-order valence-electron chi connectivity index (χ0n) is 23.6. The van der Waals surface area contributed by atoms with Gasteiger partial charge in [-0.3, -0.25) is 14.4 Å². The lowest BCUT2D eigenvalue weighted by molar-refractivity contribution is -0.165. The molecular weight excluding hydrogens is 468 g/mol. The first-order chi connectivity index (χ1) is 17.4. The maximum absolute atomic E-state index is 14.1. The van der Waals surface area contributed by atoms with Gasteiger partial charge in [0.2, 0.25) is 0 Å². The normalized spacial score (nSPS) is 43.2. The van der Waals surface area contributed by atoms with Gasteiger partial charge in [-0.05, 0) is 92.4 Å². The highest BCUT2D eigenvalue weighted by Gasteiger charge is 2.67.